The molecule has 1 aliphatic heterocycles. The minimum Gasteiger partial charge on any atom is -0.490 e. The normalized spacial score (nSPS) is 22.9. The predicted molar refractivity (Wildman–Crippen MR) is 102 cm³/mol. The molecule has 0 saturated heterocycles. The lowest BCUT2D eigenvalue weighted by Gasteiger charge is -2.36. The van der Waals surface area contributed by atoms with Gasteiger partial charge in [0, 0.05) is 25.6 Å². The van der Waals surface area contributed by atoms with Crippen LogP contribution in [-0.4, -0.2) is 46.8 Å². The topological polar surface area (TPSA) is 87.6 Å². The molecule has 1 aliphatic carbocycles. The third kappa shape index (κ3) is 3.67. The maximum absolute atomic E-state index is 13.3. The van der Waals surface area contributed by atoms with E-state index < -0.39 is 23.5 Å². The summed E-state index contributed by atoms with van der Waals surface area (Å²) in [6, 6.07) is 0.963. The van der Waals surface area contributed by atoms with Gasteiger partial charge in [-0.05, 0) is 25.7 Å². The Morgan fingerprint density at radius 2 is 1.90 bits per heavy atom. The maximum Gasteiger partial charge on any atom is 0.249 e. The number of nitrogens with one attached hydrogen (secondary N) is 1. The van der Waals surface area contributed by atoms with E-state index in [4.69, 9.17) is 4.74 Å². The van der Waals surface area contributed by atoms with E-state index in [0.717, 1.165) is 12.1 Å². The third-order valence-electron chi connectivity index (χ3n) is 5.57. The number of amides is 1. The fourth-order valence-electron chi connectivity index (χ4n) is 3.83. The standard InChI is InChI=1S/C20H21F3N4O3/c1-9-18-19(27(2)15(8-28)20(29)26-18)25-16(24-9)5-10-3-11(4-10)30-12-6-13(21)17(23)14(22)7-12/h6-7,10-11,15,28H,3-5,8H2,1-2H3,(H,26,29)/t10?,11?,15-/m1/s1. The summed E-state index contributed by atoms with van der Waals surface area (Å²) >= 11 is 0. The average molecular weight is 422 g/mol. The number of likely N-dealkylation sites (N-methyl/N-ethyl adjacent to an activating group) is 1. The molecule has 1 amide bonds. The molecule has 0 unspecified atom stereocenters. The van der Waals surface area contributed by atoms with Gasteiger partial charge in [0.1, 0.15) is 23.3 Å². The van der Waals surface area contributed by atoms with E-state index in [1.165, 1.54) is 0 Å². The molecule has 160 valence electrons. The van der Waals surface area contributed by atoms with Crippen molar-refractivity contribution >= 4 is 17.4 Å². The van der Waals surface area contributed by atoms with Crippen molar-refractivity contribution in [2.24, 2.45) is 5.92 Å². The summed E-state index contributed by atoms with van der Waals surface area (Å²) in [7, 11) is 1.70. The molecule has 0 bridgehead atoms. The van der Waals surface area contributed by atoms with Gasteiger partial charge in [-0.15, -0.1) is 0 Å². The number of aromatic nitrogens is 2. The highest BCUT2D eigenvalue weighted by atomic mass is 19.2. The number of aliphatic hydroxyl groups is 1. The van der Waals surface area contributed by atoms with Crippen molar-refractivity contribution in [3.63, 3.8) is 0 Å². The summed E-state index contributed by atoms with van der Waals surface area (Å²) in [5, 5.41) is 12.2. The number of ether oxygens (including phenoxy) is 1. The van der Waals surface area contributed by atoms with E-state index in [0.29, 0.717) is 42.3 Å². The Kier molecular flexibility index (Phi) is 5.27. The van der Waals surface area contributed by atoms with Crippen molar-refractivity contribution in [3.8, 4) is 5.75 Å². The van der Waals surface area contributed by atoms with E-state index in [9.17, 15) is 23.1 Å². The number of anilines is 2. The number of nitrogens with zero attached hydrogens (tertiary/aromatic N) is 3. The van der Waals surface area contributed by atoms with Crippen LogP contribution in [0, 0.1) is 30.3 Å². The number of aliphatic hydroxyl groups excluding tert-OH is 1. The zero-order valence-corrected chi connectivity index (χ0v) is 16.5. The fraction of sp³-hybridized carbons (Fsp3) is 0.450. The van der Waals surface area contributed by atoms with Crippen molar-refractivity contribution in [3.05, 3.63) is 41.1 Å². The maximum atomic E-state index is 13.3. The first-order valence-electron chi connectivity index (χ1n) is 9.60. The molecule has 1 atom stereocenters. The van der Waals surface area contributed by atoms with E-state index in [1.54, 1.807) is 18.9 Å². The summed E-state index contributed by atoms with van der Waals surface area (Å²) in [4.78, 5) is 22.7. The van der Waals surface area contributed by atoms with Crippen molar-refractivity contribution in [1.29, 1.82) is 0 Å². The molecule has 4 rings (SSSR count). The molecule has 7 nitrogen and oxygen atoms in total. The first-order valence-corrected chi connectivity index (χ1v) is 9.60. The zero-order chi connectivity index (χ0) is 21.6. The number of carbonyl (C=O) groups is 1. The van der Waals surface area contributed by atoms with Crippen molar-refractivity contribution in [2.45, 2.75) is 38.3 Å². The Morgan fingerprint density at radius 1 is 1.23 bits per heavy atom. The number of halogens is 3. The number of benzene rings is 1. The van der Waals surface area contributed by atoms with Crippen LogP contribution < -0.4 is 15.0 Å². The van der Waals surface area contributed by atoms with Crippen LogP contribution in [0.5, 0.6) is 5.75 Å². The van der Waals surface area contributed by atoms with Gasteiger partial charge in [-0.2, -0.15) is 0 Å². The molecule has 2 heterocycles. The summed E-state index contributed by atoms with van der Waals surface area (Å²) in [6.07, 6.45) is 1.64. The van der Waals surface area contributed by atoms with E-state index in [2.05, 4.69) is 15.3 Å². The summed E-state index contributed by atoms with van der Waals surface area (Å²) in [5.74, 6) is -3.04. The van der Waals surface area contributed by atoms with Crippen LogP contribution in [0.4, 0.5) is 24.7 Å². The van der Waals surface area contributed by atoms with Gasteiger partial charge in [-0.1, -0.05) is 0 Å². The lowest BCUT2D eigenvalue weighted by molar-refractivity contribution is -0.118. The molecule has 30 heavy (non-hydrogen) atoms. The molecular formula is C20H21F3N4O3. The Bertz CT molecular complexity index is 974. The first kappa shape index (κ1) is 20.4. The third-order valence-corrected chi connectivity index (χ3v) is 5.57. The van der Waals surface area contributed by atoms with Crippen molar-refractivity contribution in [1.82, 2.24) is 9.97 Å². The second-order valence-electron chi connectivity index (χ2n) is 7.70. The molecule has 0 radical (unpaired) electrons. The minimum absolute atomic E-state index is 0.0388. The Hall–Kier alpha value is -2.88. The molecule has 10 heteroatoms. The largest absolute Gasteiger partial charge is 0.490 e. The molecule has 2 N–H and O–H groups in total. The zero-order valence-electron chi connectivity index (χ0n) is 16.5. The van der Waals surface area contributed by atoms with Gasteiger partial charge in [0.05, 0.1) is 18.4 Å². The Morgan fingerprint density at radius 3 is 2.53 bits per heavy atom. The monoisotopic (exact) mass is 422 g/mol. The molecule has 1 aromatic carbocycles. The van der Waals surface area contributed by atoms with Crippen LogP contribution in [0.2, 0.25) is 0 Å². The SMILES string of the molecule is Cc1nc(CC2CC(Oc3cc(F)c(F)c(F)c3)C2)nc2c1NC(=O)[C@@H](CO)N2C. The highest BCUT2D eigenvalue weighted by Gasteiger charge is 2.35. The average Bonchev–Trinajstić information content (AvgIpc) is 2.65. The van der Waals surface area contributed by atoms with Gasteiger partial charge in [0.25, 0.3) is 0 Å². The molecule has 2 aliphatic rings. The lowest BCUT2D eigenvalue weighted by Crippen LogP contribution is -2.49. The van der Waals surface area contributed by atoms with Crippen LogP contribution in [0.25, 0.3) is 0 Å². The smallest absolute Gasteiger partial charge is 0.249 e. The number of hydrogen-bond donors (Lipinski definition) is 2. The van der Waals surface area contributed by atoms with Gasteiger partial charge in [0.2, 0.25) is 5.91 Å². The summed E-state index contributed by atoms with van der Waals surface area (Å²) in [5.41, 5.74) is 1.17. The van der Waals surface area contributed by atoms with Crippen LogP contribution in [0.15, 0.2) is 12.1 Å². The molecule has 1 saturated carbocycles. The predicted octanol–water partition coefficient (Wildman–Crippen LogP) is 2.35. The minimum atomic E-state index is -1.52. The second-order valence-corrected chi connectivity index (χ2v) is 7.70. The van der Waals surface area contributed by atoms with E-state index in [1.807, 2.05) is 0 Å². The first-order chi connectivity index (χ1) is 14.3. The number of rotatable bonds is 5. The van der Waals surface area contributed by atoms with Gasteiger partial charge in [-0.25, -0.2) is 23.1 Å². The van der Waals surface area contributed by atoms with Crippen molar-refractivity contribution < 1.29 is 27.8 Å². The second kappa shape index (κ2) is 7.75. The molecule has 0 spiro atoms. The number of carbonyl (C=O) groups excluding carboxylic acids is 1. The summed E-state index contributed by atoms with van der Waals surface area (Å²) in [6.45, 7) is 1.45. The quantitative estimate of drug-likeness (QED) is 0.720. The van der Waals surface area contributed by atoms with E-state index >= 15 is 0 Å². The Labute approximate surface area is 170 Å². The highest BCUT2D eigenvalue weighted by Crippen LogP contribution is 2.36. The number of aryl methyl sites for hydroxylation is 1. The molecular weight excluding hydrogens is 401 g/mol. The van der Waals surface area contributed by atoms with Crippen LogP contribution in [0.1, 0.15) is 24.4 Å². The fourth-order valence-corrected chi connectivity index (χ4v) is 3.83. The lowest BCUT2D eigenvalue weighted by atomic mass is 9.80. The van der Waals surface area contributed by atoms with Gasteiger partial charge in [0.15, 0.2) is 23.3 Å². The highest BCUT2D eigenvalue weighted by molar-refractivity contribution is 6.03. The molecule has 1 aromatic heterocycles. The molecule has 2 aromatic rings. The number of hydrogen-bond acceptors (Lipinski definition) is 6. The van der Waals surface area contributed by atoms with E-state index in [-0.39, 0.29) is 30.3 Å². The molecule has 1 fully saturated rings. The van der Waals surface area contributed by atoms with Crippen LogP contribution in [0.3, 0.4) is 0 Å². The van der Waals surface area contributed by atoms with Crippen LogP contribution in [-0.2, 0) is 11.2 Å². The Balaban J connectivity index is 1.40. The summed E-state index contributed by atoms with van der Waals surface area (Å²) < 4.78 is 45.2. The van der Waals surface area contributed by atoms with Gasteiger partial charge in [-0.3, -0.25) is 4.79 Å². The number of fused-ring (bicyclic) bond motifs is 1. The van der Waals surface area contributed by atoms with Gasteiger partial charge < -0.3 is 20.1 Å². The van der Waals surface area contributed by atoms with Gasteiger partial charge >= 0.3 is 0 Å². The van der Waals surface area contributed by atoms with Crippen molar-refractivity contribution in [2.75, 3.05) is 23.9 Å². The van der Waals surface area contributed by atoms with Crippen LogP contribution >= 0.6 is 0 Å².